The van der Waals surface area contributed by atoms with Crippen molar-refractivity contribution in [3.05, 3.63) is 239 Å². The third kappa shape index (κ3) is 6.44. The average Bonchev–Trinajstić information content (AvgIpc) is 3.70. The van der Waals surface area contributed by atoms with E-state index in [1.54, 1.807) is 0 Å². The van der Waals surface area contributed by atoms with Crippen molar-refractivity contribution in [2.45, 2.75) is 84.0 Å². The second-order valence-corrected chi connectivity index (χ2v) is 19.8. The molecule has 0 saturated carbocycles. The van der Waals surface area contributed by atoms with Crippen LogP contribution in [0.4, 0.5) is 17.1 Å². The second kappa shape index (κ2) is 15.2. The van der Waals surface area contributed by atoms with Crippen LogP contribution < -0.4 is 4.90 Å². The maximum absolute atomic E-state index is 4.02. The first-order valence-corrected chi connectivity index (χ1v) is 22.3. The molecule has 0 unspecified atom stereocenters. The van der Waals surface area contributed by atoms with E-state index in [2.05, 4.69) is 250 Å². The molecule has 9 rings (SSSR count). The Bertz CT molecular complexity index is 2850. The van der Waals surface area contributed by atoms with Gasteiger partial charge >= 0.3 is 0 Å². The molecule has 0 amide bonds. The van der Waals surface area contributed by atoms with Crippen molar-refractivity contribution in [1.29, 1.82) is 0 Å². The lowest BCUT2D eigenvalue weighted by atomic mass is 9.63. The molecule has 0 heterocycles. The molecule has 0 bridgehead atoms. The number of hydrogen-bond donors (Lipinski definition) is 0. The van der Waals surface area contributed by atoms with Crippen molar-refractivity contribution in [2.24, 2.45) is 0 Å². The Kier molecular flexibility index (Phi) is 10.0. The second-order valence-electron chi connectivity index (χ2n) is 19.8. The first-order chi connectivity index (χ1) is 29.7. The van der Waals surface area contributed by atoms with Gasteiger partial charge in [0.1, 0.15) is 0 Å². The minimum Gasteiger partial charge on any atom is -0.310 e. The van der Waals surface area contributed by atoms with Gasteiger partial charge in [0.05, 0.1) is 11.1 Å². The third-order valence-electron chi connectivity index (χ3n) is 13.5. The number of nitrogens with zero attached hydrogens (tertiary/aromatic N) is 1. The number of allylic oxidation sites excluding steroid dienone is 5. The zero-order chi connectivity index (χ0) is 43.6. The molecule has 0 aromatic heterocycles. The highest BCUT2D eigenvalue weighted by atomic mass is 15.1. The van der Waals surface area contributed by atoms with E-state index >= 15 is 0 Å². The summed E-state index contributed by atoms with van der Waals surface area (Å²) < 4.78 is 0. The minimum atomic E-state index is -0.573. The fraction of sp³-hybridized carbons (Fsp3) is 0.213. The zero-order valence-electron chi connectivity index (χ0n) is 38.0. The first kappa shape index (κ1) is 40.9. The van der Waals surface area contributed by atoms with E-state index in [4.69, 9.17) is 0 Å². The van der Waals surface area contributed by atoms with Crippen LogP contribution in [0.1, 0.15) is 112 Å². The average molecular weight is 806 g/mol. The largest absolute Gasteiger partial charge is 0.310 e. The number of hydrogen-bond acceptors (Lipinski definition) is 1. The van der Waals surface area contributed by atoms with Gasteiger partial charge in [-0.05, 0) is 120 Å². The van der Waals surface area contributed by atoms with E-state index in [1.807, 2.05) is 6.08 Å². The smallest absolute Gasteiger partial charge is 0.0717 e. The van der Waals surface area contributed by atoms with E-state index in [0.29, 0.717) is 0 Å². The molecule has 2 aliphatic rings. The van der Waals surface area contributed by atoms with Crippen molar-refractivity contribution >= 4 is 22.6 Å². The molecule has 0 N–H and O–H groups in total. The molecule has 2 aliphatic carbocycles. The van der Waals surface area contributed by atoms with Crippen LogP contribution in [0.15, 0.2) is 189 Å². The van der Waals surface area contributed by atoms with Crippen LogP contribution in [0.2, 0.25) is 0 Å². The van der Waals surface area contributed by atoms with Crippen LogP contribution in [-0.4, -0.2) is 0 Å². The molecule has 0 saturated heterocycles. The van der Waals surface area contributed by atoms with Crippen molar-refractivity contribution in [3.63, 3.8) is 0 Å². The van der Waals surface area contributed by atoms with E-state index < -0.39 is 5.41 Å². The summed E-state index contributed by atoms with van der Waals surface area (Å²) in [6.07, 6.45) is 8.20. The Balaban J connectivity index is 1.41. The number of rotatable bonds is 8. The van der Waals surface area contributed by atoms with E-state index in [-0.39, 0.29) is 16.2 Å². The highest BCUT2D eigenvalue weighted by Crippen LogP contribution is 2.62. The molecule has 1 heteroatoms. The first-order valence-electron chi connectivity index (χ1n) is 22.3. The van der Waals surface area contributed by atoms with Crippen LogP contribution in [0, 0.1) is 0 Å². The highest BCUT2D eigenvalue weighted by molar-refractivity contribution is 5.99. The van der Waals surface area contributed by atoms with Crippen LogP contribution in [-0.2, 0) is 21.7 Å². The van der Waals surface area contributed by atoms with Gasteiger partial charge < -0.3 is 4.90 Å². The highest BCUT2D eigenvalue weighted by Gasteiger charge is 2.50. The Morgan fingerprint density at radius 3 is 1.77 bits per heavy atom. The molecule has 7 aromatic carbocycles. The number of anilines is 3. The Hall–Kier alpha value is -6.44. The predicted molar refractivity (Wildman–Crippen MR) is 266 cm³/mol. The van der Waals surface area contributed by atoms with Gasteiger partial charge in [0.15, 0.2) is 0 Å². The summed E-state index contributed by atoms with van der Waals surface area (Å²) in [6, 6.07) is 59.9. The Labute approximate surface area is 370 Å². The SMILES string of the molecule is C=C/C=C(\C=C/C)c1ccc(N(c2ccc3c(c2)C(C)(C)c2ccccc2-3)c2cccc3c2-c2cc(C(C)(C)C)cc(C(C)(C)C)c2C3(c2ccccc2)c2ccccc2)cc1. The van der Waals surface area contributed by atoms with Crippen molar-refractivity contribution in [3.8, 4) is 22.3 Å². The molecule has 62 heavy (non-hydrogen) atoms. The lowest BCUT2D eigenvalue weighted by Gasteiger charge is -2.38. The monoisotopic (exact) mass is 805 g/mol. The lowest BCUT2D eigenvalue weighted by molar-refractivity contribution is 0.557. The summed E-state index contributed by atoms with van der Waals surface area (Å²) in [4.78, 5) is 2.53. The molecule has 1 nitrogen and oxygen atoms in total. The van der Waals surface area contributed by atoms with Gasteiger partial charge in [0, 0.05) is 22.4 Å². The van der Waals surface area contributed by atoms with E-state index in [9.17, 15) is 0 Å². The fourth-order valence-electron chi connectivity index (χ4n) is 10.5. The molecule has 0 radical (unpaired) electrons. The topological polar surface area (TPSA) is 3.24 Å². The van der Waals surface area contributed by atoms with Gasteiger partial charge in [-0.25, -0.2) is 0 Å². The van der Waals surface area contributed by atoms with Crippen LogP contribution in [0.3, 0.4) is 0 Å². The summed E-state index contributed by atoms with van der Waals surface area (Å²) in [5.74, 6) is 0. The summed E-state index contributed by atoms with van der Waals surface area (Å²) in [5.41, 5.74) is 20.7. The molecule has 308 valence electrons. The van der Waals surface area contributed by atoms with Crippen LogP contribution in [0.5, 0.6) is 0 Å². The van der Waals surface area contributed by atoms with E-state index in [0.717, 1.165) is 22.5 Å². The van der Waals surface area contributed by atoms with Crippen molar-refractivity contribution in [2.75, 3.05) is 4.90 Å². The number of benzene rings is 7. The quantitative estimate of drug-likeness (QED) is 0.138. The third-order valence-corrected chi connectivity index (χ3v) is 13.5. The van der Waals surface area contributed by atoms with E-state index in [1.165, 1.54) is 72.4 Å². The van der Waals surface area contributed by atoms with Gasteiger partial charge in [0.2, 0.25) is 0 Å². The molecular formula is C61H59N. The fourth-order valence-corrected chi connectivity index (χ4v) is 10.5. The van der Waals surface area contributed by atoms with Crippen molar-refractivity contribution < 1.29 is 0 Å². The summed E-state index contributed by atoms with van der Waals surface area (Å²) in [7, 11) is 0. The normalized spacial score (nSPS) is 14.9. The summed E-state index contributed by atoms with van der Waals surface area (Å²) in [5, 5.41) is 0. The minimum absolute atomic E-state index is 0.0748. The summed E-state index contributed by atoms with van der Waals surface area (Å²) >= 11 is 0. The molecule has 0 spiro atoms. The lowest BCUT2D eigenvalue weighted by Crippen LogP contribution is -2.32. The molecule has 0 fully saturated rings. The van der Waals surface area contributed by atoms with Crippen LogP contribution in [0.25, 0.3) is 27.8 Å². The van der Waals surface area contributed by atoms with Gasteiger partial charge in [0.25, 0.3) is 0 Å². The van der Waals surface area contributed by atoms with Gasteiger partial charge in [-0.3, -0.25) is 0 Å². The van der Waals surface area contributed by atoms with Crippen LogP contribution >= 0.6 is 0 Å². The molecule has 7 aromatic rings. The van der Waals surface area contributed by atoms with Gasteiger partial charge in [-0.15, -0.1) is 0 Å². The standard InChI is InChI=1S/C61H59N/c1-11-22-41(23-12-2)42-32-34-46(35-33-42)62(47-36-37-49-48-28-19-20-29-51(48)60(9,10)53(49)40-47)55-31-21-30-52-56(55)50-38-45(58(3,4)5)39-54(59(6,7)8)57(50)61(52,43-24-15-13-16-25-43)44-26-17-14-18-27-44/h11-40H,1H2,2-10H3/b23-12-,41-22+. The van der Waals surface area contributed by atoms with Gasteiger partial charge in [-0.1, -0.05) is 214 Å². The maximum atomic E-state index is 4.02. The van der Waals surface area contributed by atoms with Crippen molar-refractivity contribution in [1.82, 2.24) is 0 Å². The van der Waals surface area contributed by atoms with Gasteiger partial charge in [-0.2, -0.15) is 0 Å². The summed E-state index contributed by atoms with van der Waals surface area (Å²) in [6.45, 7) is 25.1. The predicted octanol–water partition coefficient (Wildman–Crippen LogP) is 16.6. The molecule has 0 aliphatic heterocycles. The Morgan fingerprint density at radius 2 is 1.16 bits per heavy atom. The maximum Gasteiger partial charge on any atom is 0.0717 e. The number of fused-ring (bicyclic) bond motifs is 6. The zero-order valence-corrected chi connectivity index (χ0v) is 38.0. The Morgan fingerprint density at radius 1 is 0.565 bits per heavy atom. The molecule has 0 atom stereocenters. The molecular weight excluding hydrogens is 747 g/mol.